The summed E-state index contributed by atoms with van der Waals surface area (Å²) in [4.78, 5) is 2.54. The number of hydrogen-bond acceptors (Lipinski definition) is 2. The van der Waals surface area contributed by atoms with E-state index in [9.17, 15) is 0 Å². The van der Waals surface area contributed by atoms with E-state index in [-0.39, 0.29) is 1.43 Å². The number of hydrogen-bond donors (Lipinski definition) is 1. The molecule has 0 spiro atoms. The van der Waals surface area contributed by atoms with Gasteiger partial charge in [-0.2, -0.15) is 0 Å². The molecule has 0 saturated carbocycles. The first-order chi connectivity index (χ1) is 5.29. The summed E-state index contributed by atoms with van der Waals surface area (Å²) in [6.45, 7) is 9.42. The average molecular weight is 158 g/mol. The van der Waals surface area contributed by atoms with Gasteiger partial charge in [0.25, 0.3) is 0 Å². The third-order valence-electron chi connectivity index (χ3n) is 2.18. The fourth-order valence-electron chi connectivity index (χ4n) is 1.52. The number of nitrogens with zero attached hydrogens (tertiary/aromatic N) is 1. The van der Waals surface area contributed by atoms with Crippen LogP contribution in [-0.2, 0) is 0 Å². The van der Waals surface area contributed by atoms with Crippen molar-refractivity contribution in [2.45, 2.75) is 32.7 Å². The Morgan fingerprint density at radius 2 is 2.00 bits per heavy atom. The molecule has 1 aliphatic rings. The van der Waals surface area contributed by atoms with Crippen molar-refractivity contribution in [3.05, 3.63) is 0 Å². The third kappa shape index (κ3) is 3.73. The van der Waals surface area contributed by atoms with Crippen LogP contribution >= 0.6 is 0 Å². The minimum atomic E-state index is 0. The Bertz CT molecular complexity index is 101. The minimum Gasteiger partial charge on any atom is -0.313 e. The summed E-state index contributed by atoms with van der Waals surface area (Å²) in [6.07, 6.45) is 2.81. The van der Waals surface area contributed by atoms with Crippen LogP contribution in [0.25, 0.3) is 0 Å². The smallest absolute Gasteiger partial charge is 0.0107 e. The van der Waals surface area contributed by atoms with E-state index < -0.39 is 0 Å². The van der Waals surface area contributed by atoms with Gasteiger partial charge in [0.1, 0.15) is 0 Å². The van der Waals surface area contributed by atoms with Gasteiger partial charge in [-0.05, 0) is 25.9 Å². The van der Waals surface area contributed by atoms with Crippen molar-refractivity contribution >= 4 is 0 Å². The molecule has 68 valence electrons. The molecule has 0 aromatic carbocycles. The van der Waals surface area contributed by atoms with Gasteiger partial charge in [-0.1, -0.05) is 13.8 Å². The molecule has 0 radical (unpaired) electrons. The van der Waals surface area contributed by atoms with E-state index in [4.69, 9.17) is 0 Å². The Kier molecular flexibility index (Phi) is 3.87. The zero-order valence-corrected chi connectivity index (χ0v) is 7.77. The van der Waals surface area contributed by atoms with Crippen molar-refractivity contribution < 1.29 is 1.43 Å². The lowest BCUT2D eigenvalue weighted by atomic mass is 10.4. The Balaban J connectivity index is 0.00000121. The summed E-state index contributed by atoms with van der Waals surface area (Å²) in [7, 11) is 0. The summed E-state index contributed by atoms with van der Waals surface area (Å²) in [6, 6.07) is 0.637. The van der Waals surface area contributed by atoms with Crippen LogP contribution in [0.1, 0.15) is 28.1 Å². The van der Waals surface area contributed by atoms with E-state index in [1.165, 1.54) is 32.5 Å². The lowest BCUT2D eigenvalue weighted by Crippen LogP contribution is -2.33. The molecular weight excluding hydrogens is 136 g/mol. The van der Waals surface area contributed by atoms with Crippen LogP contribution in [0.3, 0.4) is 0 Å². The van der Waals surface area contributed by atoms with Gasteiger partial charge in [0, 0.05) is 20.6 Å². The average Bonchev–Trinajstić information content (AvgIpc) is 2.39. The SMILES string of the molecule is CC(C)NCCN1CCCC1.[HH]. The molecule has 1 N–H and O–H groups in total. The summed E-state index contributed by atoms with van der Waals surface area (Å²) in [5, 5.41) is 3.43. The molecule has 0 atom stereocenters. The van der Waals surface area contributed by atoms with Crippen molar-refractivity contribution in [1.29, 1.82) is 0 Å². The molecule has 1 fully saturated rings. The molecule has 1 heterocycles. The van der Waals surface area contributed by atoms with Crippen LogP contribution in [-0.4, -0.2) is 37.1 Å². The highest BCUT2D eigenvalue weighted by atomic mass is 15.1. The van der Waals surface area contributed by atoms with E-state index in [1.54, 1.807) is 0 Å². The summed E-state index contributed by atoms with van der Waals surface area (Å²) in [5.74, 6) is 0. The molecule has 1 rings (SSSR count). The van der Waals surface area contributed by atoms with Gasteiger partial charge in [-0.25, -0.2) is 0 Å². The maximum atomic E-state index is 3.43. The molecule has 0 unspecified atom stereocenters. The van der Waals surface area contributed by atoms with E-state index in [0.717, 1.165) is 6.54 Å². The molecule has 11 heavy (non-hydrogen) atoms. The second-order valence-electron chi connectivity index (χ2n) is 3.66. The maximum absolute atomic E-state index is 3.43. The van der Waals surface area contributed by atoms with Crippen LogP contribution < -0.4 is 5.32 Å². The molecular formula is C9H22N2. The monoisotopic (exact) mass is 158 g/mol. The fraction of sp³-hybridized carbons (Fsp3) is 1.00. The predicted octanol–water partition coefficient (Wildman–Crippen LogP) is 1.33. The normalized spacial score (nSPS) is 19.9. The Morgan fingerprint density at radius 3 is 2.55 bits per heavy atom. The lowest BCUT2D eigenvalue weighted by Gasteiger charge is -2.15. The van der Waals surface area contributed by atoms with Crippen LogP contribution in [0.2, 0.25) is 0 Å². The van der Waals surface area contributed by atoms with Crippen molar-refractivity contribution in [3.8, 4) is 0 Å². The highest BCUT2D eigenvalue weighted by Gasteiger charge is 2.09. The number of rotatable bonds is 4. The Morgan fingerprint density at radius 1 is 1.36 bits per heavy atom. The van der Waals surface area contributed by atoms with Crippen LogP contribution in [0.5, 0.6) is 0 Å². The van der Waals surface area contributed by atoms with Crippen molar-refractivity contribution in [1.82, 2.24) is 10.2 Å². The van der Waals surface area contributed by atoms with Gasteiger partial charge in [-0.3, -0.25) is 0 Å². The largest absolute Gasteiger partial charge is 0.313 e. The van der Waals surface area contributed by atoms with E-state index >= 15 is 0 Å². The Labute approximate surface area is 71.4 Å². The molecule has 0 aromatic rings. The molecule has 0 amide bonds. The van der Waals surface area contributed by atoms with Crippen LogP contribution in [0.4, 0.5) is 0 Å². The molecule has 1 saturated heterocycles. The zero-order chi connectivity index (χ0) is 8.10. The van der Waals surface area contributed by atoms with Gasteiger partial charge in [0.15, 0.2) is 0 Å². The first-order valence-electron chi connectivity index (χ1n) is 4.75. The minimum absolute atomic E-state index is 0. The zero-order valence-electron chi connectivity index (χ0n) is 7.77. The predicted molar refractivity (Wildman–Crippen MR) is 50.9 cm³/mol. The molecule has 0 aliphatic carbocycles. The van der Waals surface area contributed by atoms with Crippen molar-refractivity contribution in [2.24, 2.45) is 0 Å². The van der Waals surface area contributed by atoms with E-state index in [1.807, 2.05) is 0 Å². The van der Waals surface area contributed by atoms with Gasteiger partial charge < -0.3 is 10.2 Å². The second-order valence-corrected chi connectivity index (χ2v) is 3.66. The third-order valence-corrected chi connectivity index (χ3v) is 2.18. The number of likely N-dealkylation sites (tertiary alicyclic amines) is 1. The topological polar surface area (TPSA) is 15.3 Å². The van der Waals surface area contributed by atoms with E-state index in [2.05, 4.69) is 24.1 Å². The first-order valence-corrected chi connectivity index (χ1v) is 4.75. The molecule has 0 aromatic heterocycles. The standard InChI is InChI=1S/C9H20N2.H2/c1-9(2)10-5-8-11-6-3-4-7-11;/h9-10H,3-8H2,1-2H3;1H. The maximum Gasteiger partial charge on any atom is 0.0107 e. The summed E-state index contributed by atoms with van der Waals surface area (Å²) < 4.78 is 0. The van der Waals surface area contributed by atoms with Crippen molar-refractivity contribution in [2.75, 3.05) is 26.2 Å². The quantitative estimate of drug-likeness (QED) is 0.664. The van der Waals surface area contributed by atoms with Gasteiger partial charge >= 0.3 is 0 Å². The molecule has 2 heteroatoms. The first kappa shape index (κ1) is 9.01. The van der Waals surface area contributed by atoms with E-state index in [0.29, 0.717) is 6.04 Å². The van der Waals surface area contributed by atoms with Crippen LogP contribution in [0, 0.1) is 0 Å². The lowest BCUT2D eigenvalue weighted by molar-refractivity contribution is 0.331. The number of nitrogens with one attached hydrogen (secondary N) is 1. The molecule has 0 bridgehead atoms. The van der Waals surface area contributed by atoms with Crippen LogP contribution in [0.15, 0.2) is 0 Å². The van der Waals surface area contributed by atoms with Gasteiger partial charge in [0.2, 0.25) is 0 Å². The highest BCUT2D eigenvalue weighted by Crippen LogP contribution is 2.05. The molecule has 1 aliphatic heterocycles. The second kappa shape index (κ2) is 4.73. The van der Waals surface area contributed by atoms with Gasteiger partial charge in [-0.15, -0.1) is 0 Å². The molecule has 2 nitrogen and oxygen atoms in total. The van der Waals surface area contributed by atoms with Crippen molar-refractivity contribution in [3.63, 3.8) is 0 Å². The Hall–Kier alpha value is -0.0800. The fourth-order valence-corrected chi connectivity index (χ4v) is 1.52. The highest BCUT2D eigenvalue weighted by molar-refractivity contribution is 4.67. The van der Waals surface area contributed by atoms with Gasteiger partial charge in [0.05, 0.1) is 0 Å². The summed E-state index contributed by atoms with van der Waals surface area (Å²) in [5.41, 5.74) is 0. The summed E-state index contributed by atoms with van der Waals surface area (Å²) >= 11 is 0.